The quantitative estimate of drug-likeness (QED) is 0.234. The summed E-state index contributed by atoms with van der Waals surface area (Å²) in [5.74, 6) is -2.09. The third-order valence-electron chi connectivity index (χ3n) is 9.66. The number of hydrogen-bond acceptors (Lipinski definition) is 10. The molecule has 2 aromatic carbocycles. The minimum Gasteiger partial charge on any atom is -0.504 e. The van der Waals surface area contributed by atoms with Crippen molar-refractivity contribution < 1.29 is 43.9 Å². The maximum atomic E-state index is 13.4. The maximum absolute atomic E-state index is 13.4. The summed E-state index contributed by atoms with van der Waals surface area (Å²) in [6, 6.07) is 10.1. The number of benzene rings is 2. The summed E-state index contributed by atoms with van der Waals surface area (Å²) in [6.45, 7) is 2.72. The van der Waals surface area contributed by atoms with Crippen LogP contribution in [0.4, 0.5) is 0 Å². The first-order valence-corrected chi connectivity index (χ1v) is 15.2. The van der Waals surface area contributed by atoms with Gasteiger partial charge in [-0.15, -0.1) is 0 Å². The Morgan fingerprint density at radius 3 is 2.70 bits per heavy atom. The number of piperidine rings is 1. The van der Waals surface area contributed by atoms with Gasteiger partial charge in [0.15, 0.2) is 23.7 Å². The lowest BCUT2D eigenvalue weighted by atomic mass is 9.50. The monoisotopic (exact) mass is 606 g/mol. The van der Waals surface area contributed by atoms with E-state index < -0.39 is 53.5 Å². The van der Waals surface area contributed by atoms with Crippen molar-refractivity contribution >= 4 is 17.8 Å². The fraction of sp³-hybridized carbons (Fsp3) is 0.485. The van der Waals surface area contributed by atoms with E-state index in [9.17, 15) is 29.7 Å². The first kappa shape index (κ1) is 30.1. The third-order valence-corrected chi connectivity index (χ3v) is 9.66. The zero-order valence-electron chi connectivity index (χ0n) is 24.8. The minimum absolute atomic E-state index is 0.0486. The highest BCUT2D eigenvalue weighted by atomic mass is 16.6. The van der Waals surface area contributed by atoms with Gasteiger partial charge in [-0.3, -0.25) is 9.59 Å². The van der Waals surface area contributed by atoms with Gasteiger partial charge in [0.1, 0.15) is 11.8 Å². The van der Waals surface area contributed by atoms with E-state index >= 15 is 0 Å². The summed E-state index contributed by atoms with van der Waals surface area (Å²) in [4.78, 5) is 41.4. The second kappa shape index (κ2) is 11.5. The normalized spacial score (nSPS) is 27.7. The van der Waals surface area contributed by atoms with Crippen molar-refractivity contribution in [3.05, 3.63) is 71.0 Å². The SMILES string of the molecule is CCCCOC(=O)[C@H](CC(=O)OC1=CC[C@@]2(O)C3Cc4ccc(O)c5c4[C@@]2(CCN3C)[C@H]1O5)NC(=O)[C@@H](O)c1ccccc1. The number of likely N-dealkylation sites (N-methyl/N-ethyl adjacent to an activating group) is 1. The Morgan fingerprint density at radius 1 is 1.18 bits per heavy atom. The number of likely N-dealkylation sites (tertiary alicyclic amines) is 1. The standard InChI is InChI=1S/C33H38N2O9/c1-3-4-16-42-31(40)21(34-30(39)27(38)19-8-6-5-7-9-19)18-25(37)43-23-12-13-33(41)24-17-20-10-11-22(36)28-26(20)32(33,29(23)44-28)14-15-35(24)2/h5-12,21,24,27,29,36,38,41H,3-4,13-18H2,1-2H3,(H,34,39)/t21-,24?,27-,29-,32-,33+/m0/s1. The van der Waals surface area contributed by atoms with Gasteiger partial charge in [0, 0.05) is 18.0 Å². The number of hydrogen-bond donors (Lipinski definition) is 4. The molecule has 2 aliphatic heterocycles. The van der Waals surface area contributed by atoms with E-state index in [0.717, 1.165) is 17.5 Å². The Morgan fingerprint density at radius 2 is 1.95 bits per heavy atom. The van der Waals surface area contributed by atoms with Crippen LogP contribution in [0.2, 0.25) is 0 Å². The molecule has 6 atom stereocenters. The van der Waals surface area contributed by atoms with Crippen LogP contribution < -0.4 is 10.1 Å². The molecular formula is C33H38N2O9. The Bertz CT molecular complexity index is 1490. The van der Waals surface area contributed by atoms with Crippen molar-refractivity contribution in [1.82, 2.24) is 10.2 Å². The predicted octanol–water partition coefficient (Wildman–Crippen LogP) is 2.16. The average molecular weight is 607 g/mol. The number of nitrogens with one attached hydrogen (secondary N) is 1. The molecule has 1 fully saturated rings. The van der Waals surface area contributed by atoms with Crippen molar-refractivity contribution in [2.45, 2.75) is 80.8 Å². The van der Waals surface area contributed by atoms with Crippen LogP contribution in [0.3, 0.4) is 0 Å². The van der Waals surface area contributed by atoms with Crippen LogP contribution in [-0.2, 0) is 35.7 Å². The number of aliphatic hydroxyl groups is 2. The molecule has 11 nitrogen and oxygen atoms in total. The van der Waals surface area contributed by atoms with Gasteiger partial charge in [0.25, 0.3) is 5.91 Å². The van der Waals surface area contributed by atoms with E-state index in [4.69, 9.17) is 14.2 Å². The number of nitrogens with zero attached hydrogens (tertiary/aromatic N) is 1. The number of unbranched alkanes of at least 4 members (excludes halogenated alkanes) is 1. The summed E-state index contributed by atoms with van der Waals surface area (Å²) in [5, 5.41) is 36.0. The first-order valence-electron chi connectivity index (χ1n) is 15.2. The molecule has 6 rings (SSSR count). The number of ether oxygens (including phenoxy) is 3. The van der Waals surface area contributed by atoms with Gasteiger partial charge >= 0.3 is 11.9 Å². The smallest absolute Gasteiger partial charge is 0.329 e. The number of esters is 2. The molecule has 234 valence electrons. The van der Waals surface area contributed by atoms with Gasteiger partial charge in [-0.05, 0) is 56.1 Å². The van der Waals surface area contributed by atoms with Crippen LogP contribution in [-0.4, -0.2) is 82.1 Å². The lowest BCUT2D eigenvalue weighted by Gasteiger charge is -2.61. The number of aliphatic hydroxyl groups excluding tert-OH is 1. The zero-order valence-corrected chi connectivity index (χ0v) is 24.8. The molecule has 1 saturated heterocycles. The Hall–Kier alpha value is -3.93. The van der Waals surface area contributed by atoms with Crippen molar-refractivity contribution in [2.75, 3.05) is 20.2 Å². The highest BCUT2D eigenvalue weighted by Gasteiger charge is 2.72. The molecule has 11 heteroatoms. The molecule has 1 amide bonds. The summed E-state index contributed by atoms with van der Waals surface area (Å²) in [5.41, 5.74) is -0.101. The van der Waals surface area contributed by atoms with Crippen molar-refractivity contribution in [2.24, 2.45) is 0 Å². The Kier molecular flexibility index (Phi) is 7.89. The van der Waals surface area contributed by atoms with E-state index in [1.54, 1.807) is 42.5 Å². The predicted molar refractivity (Wildman–Crippen MR) is 156 cm³/mol. The van der Waals surface area contributed by atoms with Crippen molar-refractivity contribution in [3.63, 3.8) is 0 Å². The van der Waals surface area contributed by atoms with Gasteiger partial charge in [-0.1, -0.05) is 49.7 Å². The molecule has 0 aromatic heterocycles. The van der Waals surface area contributed by atoms with Gasteiger partial charge in [-0.2, -0.15) is 0 Å². The van der Waals surface area contributed by atoms with E-state index in [1.165, 1.54) is 0 Å². The van der Waals surface area contributed by atoms with E-state index in [-0.39, 0.29) is 36.3 Å². The fourth-order valence-electron chi connectivity index (χ4n) is 7.43. The number of carbonyl (C=O) groups excluding carboxylic acids is 3. The average Bonchev–Trinajstić information content (AvgIpc) is 3.38. The molecule has 2 bridgehead atoms. The first-order chi connectivity index (χ1) is 21.1. The van der Waals surface area contributed by atoms with Gasteiger partial charge < -0.3 is 39.7 Å². The number of phenols is 1. The van der Waals surface area contributed by atoms with Gasteiger partial charge in [-0.25, -0.2) is 4.79 Å². The number of aromatic hydroxyl groups is 1. The molecule has 4 aliphatic rings. The molecule has 1 unspecified atom stereocenters. The van der Waals surface area contributed by atoms with Gasteiger partial charge in [0.2, 0.25) is 0 Å². The zero-order chi connectivity index (χ0) is 31.2. The van der Waals surface area contributed by atoms with Crippen LogP contribution in [0.1, 0.15) is 61.8 Å². The van der Waals surface area contributed by atoms with E-state index in [1.807, 2.05) is 20.0 Å². The van der Waals surface area contributed by atoms with Crippen LogP contribution in [0.25, 0.3) is 0 Å². The maximum Gasteiger partial charge on any atom is 0.329 e. The number of amides is 1. The lowest BCUT2D eigenvalue weighted by molar-refractivity contribution is -0.170. The molecule has 2 aliphatic carbocycles. The van der Waals surface area contributed by atoms with Crippen LogP contribution in [0.5, 0.6) is 11.5 Å². The van der Waals surface area contributed by atoms with E-state index in [0.29, 0.717) is 31.4 Å². The second-order valence-electron chi connectivity index (χ2n) is 12.2. The molecule has 2 heterocycles. The largest absolute Gasteiger partial charge is 0.504 e. The number of carbonyl (C=O) groups is 3. The second-order valence-corrected chi connectivity index (χ2v) is 12.2. The van der Waals surface area contributed by atoms with Crippen molar-refractivity contribution in [1.29, 1.82) is 0 Å². The minimum atomic E-state index is -1.56. The molecule has 0 radical (unpaired) electrons. The summed E-state index contributed by atoms with van der Waals surface area (Å²) < 4.78 is 17.5. The van der Waals surface area contributed by atoms with E-state index in [2.05, 4.69) is 10.2 Å². The summed E-state index contributed by atoms with van der Waals surface area (Å²) in [7, 11) is 1.98. The van der Waals surface area contributed by atoms with Gasteiger partial charge in [0.05, 0.1) is 24.0 Å². The molecule has 2 aromatic rings. The number of phenolic OH excluding ortho intramolecular Hbond substituents is 1. The Balaban J connectivity index is 1.24. The van der Waals surface area contributed by atoms with Crippen LogP contribution in [0, 0.1) is 0 Å². The van der Waals surface area contributed by atoms with Crippen molar-refractivity contribution in [3.8, 4) is 11.5 Å². The summed E-state index contributed by atoms with van der Waals surface area (Å²) >= 11 is 0. The molecule has 44 heavy (non-hydrogen) atoms. The molecule has 4 N–H and O–H groups in total. The Labute approximate surface area is 255 Å². The van der Waals surface area contributed by atoms with Crippen LogP contribution in [0.15, 0.2) is 54.3 Å². The fourth-order valence-corrected chi connectivity index (χ4v) is 7.43. The molecule has 0 saturated carbocycles. The molecular weight excluding hydrogens is 568 g/mol. The third kappa shape index (κ3) is 4.74. The highest BCUT2D eigenvalue weighted by molar-refractivity contribution is 5.90. The lowest BCUT2D eigenvalue weighted by Crippen LogP contribution is -2.74. The number of rotatable bonds is 10. The highest BCUT2D eigenvalue weighted by Crippen LogP contribution is 2.65. The van der Waals surface area contributed by atoms with Crippen LogP contribution >= 0.6 is 0 Å². The summed E-state index contributed by atoms with van der Waals surface area (Å²) in [6.07, 6.45) is 1.32. The molecule has 1 spiro atoms. The topological polar surface area (TPSA) is 155 Å².